The number of hydrogen-bond donors (Lipinski definition) is 2. The molecule has 2 heterocycles. The third-order valence-electron chi connectivity index (χ3n) is 2.82. The summed E-state index contributed by atoms with van der Waals surface area (Å²) in [6, 6.07) is 6.99. The standard InChI is InChI=1S/C13H12N4O/c14-7-11-12-8-15-4-5-17(12)13(16-11)9-2-1-3-10(18)6-9/h1-6,8,18H,7,14H2. The summed E-state index contributed by atoms with van der Waals surface area (Å²) in [5.41, 5.74) is 8.21. The Morgan fingerprint density at radius 3 is 3.00 bits per heavy atom. The molecule has 0 saturated heterocycles. The number of benzene rings is 1. The Balaban J connectivity index is 2.29. The molecular formula is C13H12N4O. The molecule has 0 saturated carbocycles. The van der Waals surface area contributed by atoms with Gasteiger partial charge in [-0.25, -0.2) is 4.98 Å². The van der Waals surface area contributed by atoms with E-state index in [1.165, 1.54) is 0 Å². The molecule has 0 bridgehead atoms. The molecule has 0 amide bonds. The molecule has 2 aromatic heterocycles. The Kier molecular flexibility index (Phi) is 2.46. The summed E-state index contributed by atoms with van der Waals surface area (Å²) in [7, 11) is 0. The van der Waals surface area contributed by atoms with E-state index < -0.39 is 0 Å². The zero-order valence-corrected chi connectivity index (χ0v) is 9.61. The van der Waals surface area contributed by atoms with E-state index in [0.29, 0.717) is 6.54 Å². The van der Waals surface area contributed by atoms with Gasteiger partial charge < -0.3 is 10.8 Å². The number of fused-ring (bicyclic) bond motifs is 1. The fraction of sp³-hybridized carbons (Fsp3) is 0.0769. The van der Waals surface area contributed by atoms with Crippen molar-refractivity contribution >= 4 is 5.52 Å². The fourth-order valence-corrected chi connectivity index (χ4v) is 2.00. The average molecular weight is 240 g/mol. The van der Waals surface area contributed by atoms with Crippen LogP contribution in [0.25, 0.3) is 16.9 Å². The number of aromatic hydroxyl groups is 1. The van der Waals surface area contributed by atoms with Gasteiger partial charge in [0.15, 0.2) is 0 Å². The minimum absolute atomic E-state index is 0.215. The Labute approximate surface area is 104 Å². The van der Waals surface area contributed by atoms with E-state index in [9.17, 15) is 5.11 Å². The number of rotatable bonds is 2. The van der Waals surface area contributed by atoms with Crippen molar-refractivity contribution in [3.05, 3.63) is 48.5 Å². The van der Waals surface area contributed by atoms with Crippen LogP contribution in [-0.2, 0) is 6.54 Å². The van der Waals surface area contributed by atoms with Crippen LogP contribution in [0.1, 0.15) is 5.69 Å². The second kappa shape index (κ2) is 4.12. The summed E-state index contributed by atoms with van der Waals surface area (Å²) in [6.45, 7) is 0.355. The van der Waals surface area contributed by atoms with E-state index in [-0.39, 0.29) is 5.75 Å². The Bertz CT molecular complexity index is 705. The minimum Gasteiger partial charge on any atom is -0.508 e. The van der Waals surface area contributed by atoms with Crippen LogP contribution in [0.3, 0.4) is 0 Å². The van der Waals surface area contributed by atoms with Crippen molar-refractivity contribution in [2.75, 3.05) is 0 Å². The van der Waals surface area contributed by atoms with Crippen LogP contribution in [0.2, 0.25) is 0 Å². The van der Waals surface area contributed by atoms with Crippen molar-refractivity contribution in [2.45, 2.75) is 6.54 Å². The van der Waals surface area contributed by atoms with E-state index in [0.717, 1.165) is 22.6 Å². The molecule has 0 unspecified atom stereocenters. The molecule has 3 N–H and O–H groups in total. The van der Waals surface area contributed by atoms with Gasteiger partial charge in [-0.2, -0.15) is 0 Å². The Morgan fingerprint density at radius 2 is 2.22 bits per heavy atom. The predicted molar refractivity (Wildman–Crippen MR) is 68.0 cm³/mol. The first-order chi connectivity index (χ1) is 8.79. The van der Waals surface area contributed by atoms with Gasteiger partial charge >= 0.3 is 0 Å². The quantitative estimate of drug-likeness (QED) is 0.712. The maximum Gasteiger partial charge on any atom is 0.145 e. The molecule has 18 heavy (non-hydrogen) atoms. The van der Waals surface area contributed by atoms with Crippen molar-refractivity contribution in [1.29, 1.82) is 0 Å². The number of phenols is 1. The topological polar surface area (TPSA) is 76.4 Å². The lowest BCUT2D eigenvalue weighted by Crippen LogP contribution is -1.97. The molecular weight excluding hydrogens is 228 g/mol. The van der Waals surface area contributed by atoms with Gasteiger partial charge in [0.25, 0.3) is 0 Å². The molecule has 3 aromatic rings. The van der Waals surface area contributed by atoms with Gasteiger partial charge in [-0.3, -0.25) is 9.38 Å². The van der Waals surface area contributed by atoms with E-state index in [1.54, 1.807) is 30.6 Å². The van der Waals surface area contributed by atoms with Crippen LogP contribution in [0.15, 0.2) is 42.9 Å². The molecule has 5 heteroatoms. The first kappa shape index (κ1) is 10.7. The Morgan fingerprint density at radius 1 is 1.33 bits per heavy atom. The number of aromatic nitrogens is 3. The monoisotopic (exact) mass is 240 g/mol. The summed E-state index contributed by atoms with van der Waals surface area (Å²) >= 11 is 0. The van der Waals surface area contributed by atoms with Crippen LogP contribution in [-0.4, -0.2) is 19.5 Å². The lowest BCUT2D eigenvalue weighted by atomic mass is 10.2. The Hall–Kier alpha value is -2.40. The maximum atomic E-state index is 9.54. The van der Waals surface area contributed by atoms with Crippen LogP contribution < -0.4 is 5.73 Å². The molecule has 0 aliphatic heterocycles. The SMILES string of the molecule is NCc1nc(-c2cccc(O)c2)n2ccncc12. The third kappa shape index (κ3) is 1.61. The number of hydrogen-bond acceptors (Lipinski definition) is 4. The van der Waals surface area contributed by atoms with Gasteiger partial charge in [0, 0.05) is 24.5 Å². The number of nitrogens with zero attached hydrogens (tertiary/aromatic N) is 3. The molecule has 0 radical (unpaired) electrons. The van der Waals surface area contributed by atoms with Gasteiger partial charge in [-0.05, 0) is 12.1 Å². The van der Waals surface area contributed by atoms with Gasteiger partial charge in [0.05, 0.1) is 17.4 Å². The lowest BCUT2D eigenvalue weighted by Gasteiger charge is -2.01. The molecule has 0 fully saturated rings. The van der Waals surface area contributed by atoms with Crippen LogP contribution in [0, 0.1) is 0 Å². The van der Waals surface area contributed by atoms with Crippen LogP contribution >= 0.6 is 0 Å². The zero-order valence-electron chi connectivity index (χ0n) is 9.61. The molecule has 90 valence electrons. The summed E-state index contributed by atoms with van der Waals surface area (Å²) in [6.07, 6.45) is 5.27. The highest BCUT2D eigenvalue weighted by Crippen LogP contribution is 2.24. The molecule has 0 aliphatic rings. The van der Waals surface area contributed by atoms with Gasteiger partial charge in [0.1, 0.15) is 11.6 Å². The van der Waals surface area contributed by atoms with Crippen molar-refractivity contribution in [3.8, 4) is 17.1 Å². The van der Waals surface area contributed by atoms with E-state index in [2.05, 4.69) is 9.97 Å². The minimum atomic E-state index is 0.215. The molecule has 5 nitrogen and oxygen atoms in total. The summed E-state index contributed by atoms with van der Waals surface area (Å²) in [5, 5.41) is 9.54. The number of phenolic OH excluding ortho intramolecular Hbond substituents is 1. The lowest BCUT2D eigenvalue weighted by molar-refractivity contribution is 0.475. The van der Waals surface area contributed by atoms with Crippen molar-refractivity contribution in [2.24, 2.45) is 5.73 Å². The second-order valence-corrected chi connectivity index (χ2v) is 3.97. The summed E-state index contributed by atoms with van der Waals surface area (Å²) in [5.74, 6) is 0.969. The predicted octanol–water partition coefficient (Wildman–Crippen LogP) is 1.56. The van der Waals surface area contributed by atoms with Crippen LogP contribution in [0.5, 0.6) is 5.75 Å². The highest BCUT2D eigenvalue weighted by molar-refractivity contribution is 5.65. The molecule has 1 aromatic carbocycles. The first-order valence-corrected chi connectivity index (χ1v) is 5.60. The van der Waals surface area contributed by atoms with Crippen molar-refractivity contribution < 1.29 is 5.11 Å². The van der Waals surface area contributed by atoms with Gasteiger partial charge in [-0.1, -0.05) is 12.1 Å². The summed E-state index contributed by atoms with van der Waals surface area (Å²) < 4.78 is 1.92. The first-order valence-electron chi connectivity index (χ1n) is 5.60. The van der Waals surface area contributed by atoms with Gasteiger partial charge in [0.2, 0.25) is 0 Å². The molecule has 0 aliphatic carbocycles. The smallest absolute Gasteiger partial charge is 0.145 e. The zero-order chi connectivity index (χ0) is 12.5. The van der Waals surface area contributed by atoms with Crippen molar-refractivity contribution in [1.82, 2.24) is 14.4 Å². The number of nitrogens with two attached hydrogens (primary N) is 1. The van der Waals surface area contributed by atoms with Crippen molar-refractivity contribution in [3.63, 3.8) is 0 Å². The van der Waals surface area contributed by atoms with E-state index in [4.69, 9.17) is 5.73 Å². The fourth-order valence-electron chi connectivity index (χ4n) is 2.00. The number of imidazole rings is 1. The molecule has 3 rings (SSSR count). The largest absolute Gasteiger partial charge is 0.508 e. The van der Waals surface area contributed by atoms with E-state index in [1.807, 2.05) is 16.7 Å². The third-order valence-corrected chi connectivity index (χ3v) is 2.82. The van der Waals surface area contributed by atoms with Gasteiger partial charge in [-0.15, -0.1) is 0 Å². The highest BCUT2D eigenvalue weighted by Gasteiger charge is 2.11. The van der Waals surface area contributed by atoms with E-state index >= 15 is 0 Å². The molecule has 0 atom stereocenters. The average Bonchev–Trinajstić information content (AvgIpc) is 2.77. The maximum absolute atomic E-state index is 9.54. The molecule has 0 spiro atoms. The second-order valence-electron chi connectivity index (χ2n) is 3.97. The summed E-state index contributed by atoms with van der Waals surface area (Å²) in [4.78, 5) is 8.59. The van der Waals surface area contributed by atoms with Crippen LogP contribution in [0.4, 0.5) is 0 Å². The highest BCUT2D eigenvalue weighted by atomic mass is 16.3. The normalized spacial score (nSPS) is 10.9.